The molecule has 2 aromatic carbocycles. The maximum Gasteiger partial charge on any atom is 0.270 e. The third-order valence-corrected chi connectivity index (χ3v) is 5.39. The number of carbonyl (C=O) groups excluding carboxylic acids is 1. The predicted octanol–water partition coefficient (Wildman–Crippen LogP) is 5.37. The molecule has 33 heavy (non-hydrogen) atoms. The van der Waals surface area contributed by atoms with Crippen molar-refractivity contribution in [1.82, 2.24) is 4.98 Å². The van der Waals surface area contributed by atoms with Crippen LogP contribution in [0.4, 0.5) is 11.5 Å². The standard InChI is InChI=1S/C26H21N3O4/c1-3-19(13-18-7-6-8-21(14-18)29(31)32)24-16-20-15-22(33-2)10-11-23(20)25(17-30)28(24)26-9-4-5-12-27-26/h3-17,25H,1H2,2H3/b19-13+. The number of ether oxygens (including phenoxy) is 1. The van der Waals surface area contributed by atoms with Crippen LogP contribution in [-0.2, 0) is 4.79 Å². The van der Waals surface area contributed by atoms with Gasteiger partial charge in [-0.2, -0.15) is 0 Å². The number of nitrogens with zero attached hydrogens (tertiary/aromatic N) is 3. The summed E-state index contributed by atoms with van der Waals surface area (Å²) < 4.78 is 5.37. The molecule has 7 heteroatoms. The van der Waals surface area contributed by atoms with E-state index in [9.17, 15) is 14.9 Å². The Morgan fingerprint density at radius 2 is 2.03 bits per heavy atom. The molecule has 1 atom stereocenters. The molecule has 1 aromatic heterocycles. The number of pyridine rings is 1. The first-order valence-electron chi connectivity index (χ1n) is 10.2. The predicted molar refractivity (Wildman–Crippen MR) is 128 cm³/mol. The Labute approximate surface area is 191 Å². The van der Waals surface area contributed by atoms with E-state index < -0.39 is 11.0 Å². The van der Waals surface area contributed by atoms with Crippen LogP contribution in [0.15, 0.2) is 90.8 Å². The Hall–Kier alpha value is -4.52. The highest BCUT2D eigenvalue weighted by atomic mass is 16.6. The first kappa shape index (κ1) is 21.7. The number of allylic oxidation sites excluding steroid dienone is 1. The number of benzene rings is 2. The summed E-state index contributed by atoms with van der Waals surface area (Å²) in [5.41, 5.74) is 3.65. The molecule has 2 heterocycles. The van der Waals surface area contributed by atoms with E-state index in [4.69, 9.17) is 4.74 Å². The minimum absolute atomic E-state index is 0.00721. The number of hydrogen-bond acceptors (Lipinski definition) is 6. The maximum absolute atomic E-state index is 12.3. The molecule has 0 fully saturated rings. The molecule has 0 saturated carbocycles. The largest absolute Gasteiger partial charge is 0.497 e. The monoisotopic (exact) mass is 439 g/mol. The minimum Gasteiger partial charge on any atom is -0.497 e. The second-order valence-corrected chi connectivity index (χ2v) is 7.32. The summed E-state index contributed by atoms with van der Waals surface area (Å²) in [7, 11) is 1.59. The fourth-order valence-corrected chi connectivity index (χ4v) is 3.84. The van der Waals surface area contributed by atoms with Gasteiger partial charge in [-0.15, -0.1) is 0 Å². The first-order chi connectivity index (χ1) is 16.0. The van der Waals surface area contributed by atoms with Gasteiger partial charge in [0, 0.05) is 18.3 Å². The summed E-state index contributed by atoms with van der Waals surface area (Å²) in [6.45, 7) is 3.96. The Balaban J connectivity index is 1.93. The van der Waals surface area contributed by atoms with Gasteiger partial charge < -0.3 is 14.4 Å². The van der Waals surface area contributed by atoms with Crippen molar-refractivity contribution in [2.75, 3.05) is 12.0 Å². The van der Waals surface area contributed by atoms with Crippen molar-refractivity contribution in [3.05, 3.63) is 118 Å². The van der Waals surface area contributed by atoms with Crippen molar-refractivity contribution in [1.29, 1.82) is 0 Å². The molecular formula is C26H21N3O4. The van der Waals surface area contributed by atoms with Crippen LogP contribution in [0.2, 0.25) is 0 Å². The highest BCUT2D eigenvalue weighted by Crippen LogP contribution is 2.40. The zero-order chi connectivity index (χ0) is 23.4. The summed E-state index contributed by atoms with van der Waals surface area (Å²) in [6, 6.07) is 16.7. The van der Waals surface area contributed by atoms with Gasteiger partial charge in [0.25, 0.3) is 5.69 Å². The van der Waals surface area contributed by atoms with E-state index in [2.05, 4.69) is 11.6 Å². The number of aldehydes is 1. The fourth-order valence-electron chi connectivity index (χ4n) is 3.84. The van der Waals surface area contributed by atoms with E-state index in [0.29, 0.717) is 28.4 Å². The molecule has 3 aromatic rings. The Morgan fingerprint density at radius 3 is 2.70 bits per heavy atom. The van der Waals surface area contributed by atoms with Crippen molar-refractivity contribution in [3.63, 3.8) is 0 Å². The zero-order valence-electron chi connectivity index (χ0n) is 17.9. The number of non-ortho nitro benzene ring substituents is 1. The molecule has 0 saturated heterocycles. The van der Waals surface area contributed by atoms with E-state index in [1.54, 1.807) is 43.7 Å². The molecule has 164 valence electrons. The van der Waals surface area contributed by atoms with E-state index >= 15 is 0 Å². The topological polar surface area (TPSA) is 85.6 Å². The Kier molecular flexibility index (Phi) is 6.13. The molecule has 0 N–H and O–H groups in total. The van der Waals surface area contributed by atoms with Crippen molar-refractivity contribution in [3.8, 4) is 5.75 Å². The molecule has 0 aliphatic carbocycles. The summed E-state index contributed by atoms with van der Waals surface area (Å²) in [6.07, 6.45) is 7.94. The lowest BCUT2D eigenvalue weighted by molar-refractivity contribution is -0.384. The highest BCUT2D eigenvalue weighted by molar-refractivity contribution is 5.84. The second-order valence-electron chi connectivity index (χ2n) is 7.32. The first-order valence-corrected chi connectivity index (χ1v) is 10.2. The number of anilines is 1. The van der Waals surface area contributed by atoms with Crippen LogP contribution in [0.25, 0.3) is 12.2 Å². The fraction of sp³-hybridized carbons (Fsp3) is 0.0769. The summed E-state index contributed by atoms with van der Waals surface area (Å²) in [4.78, 5) is 29.4. The SMILES string of the molecule is C=C/C(=C\c1cccc([N+](=O)[O-])c1)C1=Cc2cc(OC)ccc2C(C=O)N1c1ccccn1. The Bertz CT molecular complexity index is 1280. The lowest BCUT2D eigenvalue weighted by atomic mass is 9.91. The number of fused-ring (bicyclic) bond motifs is 1. The van der Waals surface area contributed by atoms with Gasteiger partial charge in [-0.05, 0) is 58.7 Å². The average Bonchev–Trinajstić information content (AvgIpc) is 2.86. The van der Waals surface area contributed by atoms with Gasteiger partial charge >= 0.3 is 0 Å². The average molecular weight is 439 g/mol. The number of hydrogen-bond donors (Lipinski definition) is 0. The van der Waals surface area contributed by atoms with Gasteiger partial charge in [0.2, 0.25) is 0 Å². The lowest BCUT2D eigenvalue weighted by Gasteiger charge is -2.36. The van der Waals surface area contributed by atoms with Crippen LogP contribution >= 0.6 is 0 Å². The van der Waals surface area contributed by atoms with Gasteiger partial charge in [0.1, 0.15) is 23.9 Å². The lowest BCUT2D eigenvalue weighted by Crippen LogP contribution is -2.33. The molecule has 0 spiro atoms. The number of carbonyl (C=O) groups is 1. The van der Waals surface area contributed by atoms with Crippen molar-refractivity contribution in [2.45, 2.75) is 6.04 Å². The van der Waals surface area contributed by atoms with Crippen LogP contribution in [0.3, 0.4) is 0 Å². The minimum atomic E-state index is -0.630. The van der Waals surface area contributed by atoms with Crippen molar-refractivity contribution >= 4 is 29.9 Å². The summed E-state index contributed by atoms with van der Waals surface area (Å²) in [5.74, 6) is 1.26. The van der Waals surface area contributed by atoms with Gasteiger partial charge in [-0.3, -0.25) is 10.1 Å². The van der Waals surface area contributed by atoms with Crippen molar-refractivity contribution < 1.29 is 14.5 Å². The smallest absolute Gasteiger partial charge is 0.270 e. The molecule has 0 bridgehead atoms. The van der Waals surface area contributed by atoms with Crippen molar-refractivity contribution in [2.24, 2.45) is 0 Å². The van der Waals surface area contributed by atoms with Gasteiger partial charge in [-0.25, -0.2) is 4.98 Å². The second kappa shape index (κ2) is 9.32. The van der Waals surface area contributed by atoms with Crippen LogP contribution in [0, 0.1) is 10.1 Å². The maximum atomic E-state index is 12.3. The van der Waals surface area contributed by atoms with Gasteiger partial charge in [-0.1, -0.05) is 36.9 Å². The third kappa shape index (κ3) is 4.29. The number of rotatable bonds is 7. The van der Waals surface area contributed by atoms with Gasteiger partial charge in [0.15, 0.2) is 0 Å². The molecule has 7 nitrogen and oxygen atoms in total. The number of methoxy groups -OCH3 is 1. The zero-order valence-corrected chi connectivity index (χ0v) is 17.9. The third-order valence-electron chi connectivity index (χ3n) is 5.39. The van der Waals surface area contributed by atoms with Crippen LogP contribution in [0.1, 0.15) is 22.7 Å². The number of nitro groups is 1. The van der Waals surface area contributed by atoms with Crippen LogP contribution < -0.4 is 9.64 Å². The molecule has 0 amide bonds. The normalized spacial score (nSPS) is 15.3. The molecule has 1 aliphatic rings. The van der Waals surface area contributed by atoms with E-state index in [-0.39, 0.29) is 5.69 Å². The van der Waals surface area contributed by atoms with Crippen LogP contribution in [0.5, 0.6) is 5.75 Å². The molecule has 4 rings (SSSR count). The van der Waals surface area contributed by atoms with E-state index in [1.165, 1.54) is 12.1 Å². The van der Waals surface area contributed by atoms with E-state index in [0.717, 1.165) is 17.4 Å². The molecule has 0 radical (unpaired) electrons. The van der Waals surface area contributed by atoms with Gasteiger partial charge in [0.05, 0.1) is 17.7 Å². The van der Waals surface area contributed by atoms with Crippen LogP contribution in [-0.4, -0.2) is 23.3 Å². The number of aromatic nitrogens is 1. The highest BCUT2D eigenvalue weighted by Gasteiger charge is 2.31. The summed E-state index contributed by atoms with van der Waals surface area (Å²) >= 11 is 0. The van der Waals surface area contributed by atoms with E-state index in [1.807, 2.05) is 41.3 Å². The number of nitro benzene ring substituents is 1. The Morgan fingerprint density at radius 1 is 1.18 bits per heavy atom. The molecule has 1 unspecified atom stereocenters. The quantitative estimate of drug-likeness (QED) is 0.213. The molecular weight excluding hydrogens is 418 g/mol. The summed E-state index contributed by atoms with van der Waals surface area (Å²) in [5, 5.41) is 11.2. The molecule has 1 aliphatic heterocycles.